The van der Waals surface area contributed by atoms with E-state index in [9.17, 15) is 14.3 Å². The molecular formula is C19H22FN3O2. The van der Waals surface area contributed by atoms with Crippen molar-refractivity contribution in [2.75, 3.05) is 13.1 Å². The van der Waals surface area contributed by atoms with Gasteiger partial charge in [0.25, 0.3) is 5.91 Å². The number of rotatable bonds is 4. The van der Waals surface area contributed by atoms with Gasteiger partial charge in [0.05, 0.1) is 12.1 Å². The number of aromatic nitrogens is 1. The summed E-state index contributed by atoms with van der Waals surface area (Å²) >= 11 is 0. The maximum atomic E-state index is 13.4. The minimum absolute atomic E-state index is 0.200. The number of hydrogen-bond donors (Lipinski definition) is 2. The summed E-state index contributed by atoms with van der Waals surface area (Å²) in [5, 5.41) is 13.3. The van der Waals surface area contributed by atoms with E-state index in [-0.39, 0.29) is 17.8 Å². The monoisotopic (exact) mass is 343 g/mol. The standard InChI is InChI=1S/C19H22FN3O2/c1-13-10-14(2-3-16(13)20)11-23-9-6-17(18(24)12-23)22-19(25)15-4-7-21-8-5-15/h2-5,7-8,10,17-18,24H,6,9,11-12H2,1H3,(H,22,25)/t17-,18-/m0/s1. The van der Waals surface area contributed by atoms with Gasteiger partial charge < -0.3 is 10.4 Å². The van der Waals surface area contributed by atoms with Gasteiger partial charge in [-0.15, -0.1) is 0 Å². The summed E-state index contributed by atoms with van der Waals surface area (Å²) in [5.41, 5.74) is 2.18. The minimum atomic E-state index is -0.638. The van der Waals surface area contributed by atoms with Crippen LogP contribution in [0, 0.1) is 12.7 Å². The van der Waals surface area contributed by atoms with Crippen LogP contribution in [-0.2, 0) is 6.54 Å². The van der Waals surface area contributed by atoms with Crippen molar-refractivity contribution in [1.82, 2.24) is 15.2 Å². The van der Waals surface area contributed by atoms with Gasteiger partial charge in [0.15, 0.2) is 0 Å². The van der Waals surface area contributed by atoms with Crippen molar-refractivity contribution in [2.45, 2.75) is 32.0 Å². The molecule has 1 aromatic carbocycles. The van der Waals surface area contributed by atoms with E-state index in [2.05, 4.69) is 15.2 Å². The Morgan fingerprint density at radius 1 is 1.36 bits per heavy atom. The lowest BCUT2D eigenvalue weighted by atomic mass is 10.0. The highest BCUT2D eigenvalue weighted by Crippen LogP contribution is 2.17. The van der Waals surface area contributed by atoms with Crippen molar-refractivity contribution in [2.24, 2.45) is 0 Å². The first kappa shape index (κ1) is 17.5. The topological polar surface area (TPSA) is 65.5 Å². The Hall–Kier alpha value is -2.31. The highest BCUT2D eigenvalue weighted by molar-refractivity contribution is 5.94. The lowest BCUT2D eigenvalue weighted by Gasteiger charge is -2.36. The molecule has 0 bridgehead atoms. The van der Waals surface area contributed by atoms with Gasteiger partial charge in [-0.2, -0.15) is 0 Å². The number of amides is 1. The van der Waals surface area contributed by atoms with Crippen LogP contribution in [0.15, 0.2) is 42.7 Å². The second-order valence-corrected chi connectivity index (χ2v) is 6.49. The number of benzene rings is 1. The van der Waals surface area contributed by atoms with Gasteiger partial charge in [0.1, 0.15) is 5.82 Å². The Morgan fingerprint density at radius 3 is 2.80 bits per heavy atom. The quantitative estimate of drug-likeness (QED) is 0.890. The van der Waals surface area contributed by atoms with E-state index in [0.29, 0.717) is 30.6 Å². The molecule has 2 heterocycles. The van der Waals surface area contributed by atoms with E-state index < -0.39 is 6.10 Å². The predicted octanol–water partition coefficient (Wildman–Crippen LogP) is 1.89. The van der Waals surface area contributed by atoms with E-state index in [1.54, 1.807) is 37.5 Å². The summed E-state index contributed by atoms with van der Waals surface area (Å²) in [6, 6.07) is 8.10. The van der Waals surface area contributed by atoms with Crippen molar-refractivity contribution in [3.05, 3.63) is 65.2 Å². The first-order valence-electron chi connectivity index (χ1n) is 8.39. The summed E-state index contributed by atoms with van der Waals surface area (Å²) in [7, 11) is 0. The zero-order valence-corrected chi connectivity index (χ0v) is 14.2. The largest absolute Gasteiger partial charge is 0.390 e. The van der Waals surface area contributed by atoms with Crippen LogP contribution in [0.1, 0.15) is 27.9 Å². The van der Waals surface area contributed by atoms with Gasteiger partial charge >= 0.3 is 0 Å². The molecule has 2 N–H and O–H groups in total. The Labute approximate surface area is 146 Å². The van der Waals surface area contributed by atoms with Crippen molar-refractivity contribution in [3.63, 3.8) is 0 Å². The molecule has 0 spiro atoms. The van der Waals surface area contributed by atoms with Crippen molar-refractivity contribution >= 4 is 5.91 Å². The Balaban J connectivity index is 1.55. The molecular weight excluding hydrogens is 321 g/mol. The van der Waals surface area contributed by atoms with Crippen LogP contribution in [0.2, 0.25) is 0 Å². The van der Waals surface area contributed by atoms with Crippen molar-refractivity contribution < 1.29 is 14.3 Å². The van der Waals surface area contributed by atoms with Crippen LogP contribution < -0.4 is 5.32 Å². The number of carbonyl (C=O) groups is 1. The number of aliphatic hydroxyl groups excluding tert-OH is 1. The number of β-amino-alcohol motifs (C(OH)–C–C–N with tert-alkyl or cyclic N) is 1. The number of pyridine rings is 1. The fraction of sp³-hybridized carbons (Fsp3) is 0.368. The zero-order valence-electron chi connectivity index (χ0n) is 14.2. The lowest BCUT2D eigenvalue weighted by molar-refractivity contribution is 0.0349. The molecule has 1 aromatic heterocycles. The number of hydrogen-bond acceptors (Lipinski definition) is 4. The fourth-order valence-corrected chi connectivity index (χ4v) is 3.13. The molecule has 1 fully saturated rings. The molecule has 6 heteroatoms. The third-order valence-corrected chi connectivity index (χ3v) is 4.55. The smallest absolute Gasteiger partial charge is 0.251 e. The molecule has 2 aromatic rings. The number of nitrogens with one attached hydrogen (secondary N) is 1. The van der Waals surface area contributed by atoms with Crippen LogP contribution in [-0.4, -0.2) is 46.1 Å². The van der Waals surface area contributed by atoms with Crippen molar-refractivity contribution in [3.8, 4) is 0 Å². The molecule has 1 amide bonds. The number of halogens is 1. The van der Waals surface area contributed by atoms with E-state index in [1.807, 2.05) is 6.07 Å². The van der Waals surface area contributed by atoms with Gasteiger partial charge in [0, 0.05) is 37.6 Å². The molecule has 0 unspecified atom stereocenters. The second kappa shape index (κ2) is 7.72. The average molecular weight is 343 g/mol. The van der Waals surface area contributed by atoms with Crippen LogP contribution in [0.5, 0.6) is 0 Å². The van der Waals surface area contributed by atoms with Crippen molar-refractivity contribution in [1.29, 1.82) is 0 Å². The number of carbonyl (C=O) groups excluding carboxylic acids is 1. The summed E-state index contributed by atoms with van der Waals surface area (Å²) < 4.78 is 13.4. The highest BCUT2D eigenvalue weighted by atomic mass is 19.1. The van der Waals surface area contributed by atoms with E-state index in [4.69, 9.17) is 0 Å². The predicted molar refractivity (Wildman–Crippen MR) is 92.5 cm³/mol. The highest BCUT2D eigenvalue weighted by Gasteiger charge is 2.29. The summed E-state index contributed by atoms with van der Waals surface area (Å²) in [6.07, 6.45) is 3.16. The van der Waals surface area contributed by atoms with E-state index >= 15 is 0 Å². The maximum Gasteiger partial charge on any atom is 0.251 e. The van der Waals surface area contributed by atoms with Gasteiger partial charge in [-0.1, -0.05) is 12.1 Å². The first-order chi connectivity index (χ1) is 12.0. The van der Waals surface area contributed by atoms with E-state index in [1.165, 1.54) is 6.07 Å². The van der Waals surface area contributed by atoms with E-state index in [0.717, 1.165) is 12.1 Å². The number of nitrogens with zero attached hydrogens (tertiary/aromatic N) is 2. The number of piperidine rings is 1. The fourth-order valence-electron chi connectivity index (χ4n) is 3.13. The molecule has 1 aliphatic heterocycles. The summed E-state index contributed by atoms with van der Waals surface area (Å²) in [4.78, 5) is 18.2. The molecule has 132 valence electrons. The molecule has 2 atom stereocenters. The molecule has 1 saturated heterocycles. The van der Waals surface area contributed by atoms with Crippen LogP contribution >= 0.6 is 0 Å². The number of aryl methyl sites for hydroxylation is 1. The SMILES string of the molecule is Cc1cc(CN2CC[C@H](NC(=O)c3ccncc3)[C@@H](O)C2)ccc1F. The zero-order chi connectivity index (χ0) is 17.8. The normalized spacial score (nSPS) is 21.1. The number of likely N-dealkylation sites (tertiary alicyclic amines) is 1. The van der Waals surface area contributed by atoms with Gasteiger partial charge in [0.2, 0.25) is 0 Å². The van der Waals surface area contributed by atoms with Gasteiger partial charge in [-0.3, -0.25) is 14.7 Å². The maximum absolute atomic E-state index is 13.4. The third-order valence-electron chi connectivity index (χ3n) is 4.55. The molecule has 3 rings (SSSR count). The molecule has 1 aliphatic rings. The summed E-state index contributed by atoms with van der Waals surface area (Å²) in [6.45, 7) is 3.63. The molecule has 0 aliphatic carbocycles. The van der Waals surface area contributed by atoms with Crippen LogP contribution in [0.25, 0.3) is 0 Å². The summed E-state index contributed by atoms with van der Waals surface area (Å²) in [5.74, 6) is -0.407. The average Bonchev–Trinajstić information content (AvgIpc) is 2.61. The van der Waals surface area contributed by atoms with Crippen LogP contribution in [0.3, 0.4) is 0 Å². The first-order valence-corrected chi connectivity index (χ1v) is 8.39. The second-order valence-electron chi connectivity index (χ2n) is 6.49. The minimum Gasteiger partial charge on any atom is -0.390 e. The molecule has 0 saturated carbocycles. The molecule has 0 radical (unpaired) electrons. The Bertz CT molecular complexity index is 739. The molecule has 5 nitrogen and oxygen atoms in total. The Kier molecular flexibility index (Phi) is 5.40. The Morgan fingerprint density at radius 2 is 2.12 bits per heavy atom. The molecule has 25 heavy (non-hydrogen) atoms. The lowest BCUT2D eigenvalue weighted by Crippen LogP contribution is -2.53. The third kappa shape index (κ3) is 4.41. The number of aliphatic hydroxyl groups is 1. The van der Waals surface area contributed by atoms with Gasteiger partial charge in [-0.25, -0.2) is 4.39 Å². The van der Waals surface area contributed by atoms with Crippen LogP contribution in [0.4, 0.5) is 4.39 Å². The van der Waals surface area contributed by atoms with Gasteiger partial charge in [-0.05, 0) is 42.7 Å².